The molecule has 2 aromatic carbocycles. The minimum absolute atomic E-state index is 0.136. The van der Waals surface area contributed by atoms with E-state index in [-0.39, 0.29) is 23.6 Å². The van der Waals surface area contributed by atoms with Crippen molar-refractivity contribution in [1.82, 2.24) is 14.8 Å². The van der Waals surface area contributed by atoms with Crippen molar-refractivity contribution in [3.05, 3.63) is 89.6 Å². The highest BCUT2D eigenvalue weighted by Gasteiger charge is 2.26. The number of hydrogen-bond donors (Lipinski definition) is 1. The number of rotatable bonds is 5. The van der Waals surface area contributed by atoms with E-state index in [2.05, 4.69) is 10.3 Å². The Morgan fingerprint density at radius 1 is 0.879 bits per heavy atom. The Balaban J connectivity index is 1.34. The summed E-state index contributed by atoms with van der Waals surface area (Å²) in [4.78, 5) is 33.3. The number of piperazine rings is 1. The Bertz CT molecular complexity index is 1120. The molecule has 0 spiro atoms. The highest BCUT2D eigenvalue weighted by molar-refractivity contribution is 7.98. The highest BCUT2D eigenvalue weighted by atomic mass is 32.2. The standard InChI is InChI=1S/C24H22F2N4O2S/c25-18-5-3-17(4-6-18)16-33-22-21(2-1-11-27-22)23(31)29-12-14-30(15-13-29)24(32)28-20-9-7-19(26)8-10-20/h1-11H,12-16H2,(H,28,32). The molecule has 6 nitrogen and oxygen atoms in total. The number of pyridine rings is 1. The lowest BCUT2D eigenvalue weighted by atomic mass is 10.2. The minimum atomic E-state index is -0.370. The first kappa shape index (κ1) is 22.7. The van der Waals surface area contributed by atoms with Gasteiger partial charge in [-0.05, 0) is 54.1 Å². The van der Waals surface area contributed by atoms with Gasteiger partial charge in [-0.25, -0.2) is 18.6 Å². The van der Waals surface area contributed by atoms with Crippen molar-refractivity contribution in [3.8, 4) is 0 Å². The van der Waals surface area contributed by atoms with Gasteiger partial charge >= 0.3 is 6.03 Å². The summed E-state index contributed by atoms with van der Waals surface area (Å²) in [6, 6.07) is 15.0. The maximum Gasteiger partial charge on any atom is 0.321 e. The van der Waals surface area contributed by atoms with Crippen LogP contribution >= 0.6 is 11.8 Å². The molecule has 170 valence electrons. The number of benzene rings is 2. The average molecular weight is 469 g/mol. The van der Waals surface area contributed by atoms with Crippen molar-refractivity contribution in [3.63, 3.8) is 0 Å². The summed E-state index contributed by atoms with van der Waals surface area (Å²) in [7, 11) is 0. The average Bonchev–Trinajstić information content (AvgIpc) is 2.85. The SMILES string of the molecule is O=C(Nc1ccc(F)cc1)N1CCN(C(=O)c2cccnc2SCc2ccc(F)cc2)CC1. The monoisotopic (exact) mass is 468 g/mol. The molecule has 1 aliphatic rings. The summed E-state index contributed by atoms with van der Waals surface area (Å²) >= 11 is 1.42. The Morgan fingerprint density at radius 3 is 2.15 bits per heavy atom. The normalized spacial score (nSPS) is 13.6. The van der Waals surface area contributed by atoms with Crippen molar-refractivity contribution in [1.29, 1.82) is 0 Å². The van der Waals surface area contributed by atoms with Gasteiger partial charge < -0.3 is 15.1 Å². The van der Waals surface area contributed by atoms with Crippen LogP contribution in [0.25, 0.3) is 0 Å². The summed E-state index contributed by atoms with van der Waals surface area (Å²) in [6.07, 6.45) is 1.64. The van der Waals surface area contributed by atoms with E-state index in [0.29, 0.717) is 48.2 Å². The molecular weight excluding hydrogens is 446 g/mol. The summed E-state index contributed by atoms with van der Waals surface area (Å²) in [5.41, 5.74) is 1.96. The summed E-state index contributed by atoms with van der Waals surface area (Å²) in [6.45, 7) is 1.56. The molecule has 3 amide bonds. The molecule has 0 radical (unpaired) electrons. The van der Waals surface area contributed by atoms with E-state index in [1.807, 2.05) is 0 Å². The van der Waals surface area contributed by atoms with Crippen molar-refractivity contribution in [2.45, 2.75) is 10.8 Å². The molecule has 1 fully saturated rings. The van der Waals surface area contributed by atoms with Crippen LogP contribution in [0, 0.1) is 11.6 Å². The molecule has 9 heteroatoms. The second-order valence-electron chi connectivity index (χ2n) is 7.49. The van der Waals surface area contributed by atoms with E-state index in [1.165, 1.54) is 48.2 Å². The van der Waals surface area contributed by atoms with Crippen molar-refractivity contribution in [2.24, 2.45) is 0 Å². The maximum absolute atomic E-state index is 13.1. The van der Waals surface area contributed by atoms with Gasteiger partial charge in [-0.2, -0.15) is 0 Å². The van der Waals surface area contributed by atoms with Crippen LogP contribution in [0.2, 0.25) is 0 Å². The quantitative estimate of drug-likeness (QED) is 0.554. The predicted octanol–water partition coefficient (Wildman–Crippen LogP) is 4.64. The van der Waals surface area contributed by atoms with E-state index >= 15 is 0 Å². The molecule has 3 aromatic rings. The second kappa shape index (κ2) is 10.4. The number of nitrogens with zero attached hydrogens (tertiary/aromatic N) is 3. The number of anilines is 1. The van der Waals surface area contributed by atoms with Crippen LogP contribution < -0.4 is 5.32 Å². The van der Waals surface area contributed by atoms with Gasteiger partial charge in [0.1, 0.15) is 16.7 Å². The first-order valence-electron chi connectivity index (χ1n) is 10.4. The van der Waals surface area contributed by atoms with Gasteiger partial charge in [-0.1, -0.05) is 12.1 Å². The Morgan fingerprint density at radius 2 is 1.48 bits per heavy atom. The molecule has 0 unspecified atom stereocenters. The van der Waals surface area contributed by atoms with Gasteiger partial charge in [0.05, 0.1) is 5.56 Å². The minimum Gasteiger partial charge on any atom is -0.335 e. The third-order valence-corrected chi connectivity index (χ3v) is 6.32. The number of thioether (sulfide) groups is 1. The van der Waals surface area contributed by atoms with Crippen LogP contribution in [0.1, 0.15) is 15.9 Å². The smallest absolute Gasteiger partial charge is 0.321 e. The number of carbonyl (C=O) groups excluding carboxylic acids is 2. The molecule has 2 heterocycles. The fourth-order valence-electron chi connectivity index (χ4n) is 3.42. The Hall–Kier alpha value is -3.46. The van der Waals surface area contributed by atoms with Crippen LogP contribution in [0.4, 0.5) is 19.3 Å². The fourth-order valence-corrected chi connectivity index (χ4v) is 4.36. The molecule has 1 aliphatic heterocycles. The molecule has 1 N–H and O–H groups in total. The number of urea groups is 1. The molecule has 4 rings (SSSR count). The Kier molecular flexibility index (Phi) is 7.19. The van der Waals surface area contributed by atoms with Crippen LogP contribution in [-0.4, -0.2) is 52.9 Å². The fraction of sp³-hybridized carbons (Fsp3) is 0.208. The number of nitrogens with one attached hydrogen (secondary N) is 1. The third kappa shape index (κ3) is 5.87. The van der Waals surface area contributed by atoms with E-state index in [9.17, 15) is 18.4 Å². The van der Waals surface area contributed by atoms with E-state index in [4.69, 9.17) is 0 Å². The maximum atomic E-state index is 13.1. The predicted molar refractivity (Wildman–Crippen MR) is 123 cm³/mol. The van der Waals surface area contributed by atoms with Crippen LogP contribution in [0.3, 0.4) is 0 Å². The van der Waals surface area contributed by atoms with Gasteiger partial charge in [0.15, 0.2) is 0 Å². The molecular formula is C24H22F2N4O2S. The lowest BCUT2D eigenvalue weighted by Gasteiger charge is -2.35. The molecule has 0 bridgehead atoms. The van der Waals surface area contributed by atoms with Crippen LogP contribution in [0.15, 0.2) is 71.9 Å². The van der Waals surface area contributed by atoms with Gasteiger partial charge in [0.25, 0.3) is 5.91 Å². The molecule has 0 atom stereocenters. The summed E-state index contributed by atoms with van der Waals surface area (Å²) < 4.78 is 26.2. The molecule has 33 heavy (non-hydrogen) atoms. The summed E-state index contributed by atoms with van der Waals surface area (Å²) in [5.74, 6) is -0.230. The summed E-state index contributed by atoms with van der Waals surface area (Å²) in [5, 5.41) is 3.35. The van der Waals surface area contributed by atoms with Crippen molar-refractivity contribution >= 4 is 29.4 Å². The van der Waals surface area contributed by atoms with Gasteiger partial charge in [-0.15, -0.1) is 11.8 Å². The number of amides is 3. The van der Waals surface area contributed by atoms with Crippen LogP contribution in [0.5, 0.6) is 0 Å². The third-order valence-electron chi connectivity index (χ3n) is 5.24. The van der Waals surface area contributed by atoms with Gasteiger partial charge in [0.2, 0.25) is 0 Å². The number of aromatic nitrogens is 1. The number of carbonyl (C=O) groups is 2. The van der Waals surface area contributed by atoms with E-state index in [1.54, 1.807) is 40.3 Å². The molecule has 1 aromatic heterocycles. The van der Waals surface area contributed by atoms with Crippen LogP contribution in [-0.2, 0) is 5.75 Å². The first-order chi connectivity index (χ1) is 16.0. The zero-order valence-electron chi connectivity index (χ0n) is 17.7. The first-order valence-corrected chi connectivity index (χ1v) is 11.4. The second-order valence-corrected chi connectivity index (χ2v) is 8.45. The highest BCUT2D eigenvalue weighted by Crippen LogP contribution is 2.25. The molecule has 0 saturated carbocycles. The van der Waals surface area contributed by atoms with E-state index in [0.717, 1.165) is 5.56 Å². The van der Waals surface area contributed by atoms with Crippen molar-refractivity contribution in [2.75, 3.05) is 31.5 Å². The lowest BCUT2D eigenvalue weighted by molar-refractivity contribution is 0.0667. The lowest BCUT2D eigenvalue weighted by Crippen LogP contribution is -2.51. The van der Waals surface area contributed by atoms with Gasteiger partial charge in [0, 0.05) is 43.8 Å². The Labute approximate surface area is 194 Å². The largest absolute Gasteiger partial charge is 0.335 e. The van der Waals surface area contributed by atoms with Crippen molar-refractivity contribution < 1.29 is 18.4 Å². The topological polar surface area (TPSA) is 65.5 Å². The van der Waals surface area contributed by atoms with Gasteiger partial charge in [-0.3, -0.25) is 4.79 Å². The molecule has 0 aliphatic carbocycles. The number of halogens is 2. The zero-order valence-corrected chi connectivity index (χ0v) is 18.5. The van der Waals surface area contributed by atoms with E-state index < -0.39 is 0 Å². The zero-order chi connectivity index (χ0) is 23.2. The number of hydrogen-bond acceptors (Lipinski definition) is 4. The molecule has 1 saturated heterocycles.